The number of aryl methyl sites for hydroxylation is 1. The molecule has 0 aliphatic rings. The van der Waals surface area contributed by atoms with E-state index in [0.717, 1.165) is 22.0 Å². The van der Waals surface area contributed by atoms with Gasteiger partial charge >= 0.3 is 0 Å². The molecule has 0 unspecified atom stereocenters. The molecular formula is C26H24N4O. The summed E-state index contributed by atoms with van der Waals surface area (Å²) >= 11 is 0. The lowest BCUT2D eigenvalue weighted by Crippen LogP contribution is -1.90. The van der Waals surface area contributed by atoms with Crippen LogP contribution in [0.15, 0.2) is 87.2 Å². The van der Waals surface area contributed by atoms with Crippen LogP contribution in [0.25, 0.3) is 10.8 Å². The molecule has 5 heteroatoms. The Morgan fingerprint density at radius 3 is 1.94 bits per heavy atom. The third kappa shape index (κ3) is 4.08. The van der Waals surface area contributed by atoms with Crippen LogP contribution in [0, 0.1) is 27.7 Å². The van der Waals surface area contributed by atoms with Gasteiger partial charge in [0.1, 0.15) is 22.8 Å². The highest BCUT2D eigenvalue weighted by Gasteiger charge is 2.08. The Morgan fingerprint density at radius 2 is 1.19 bits per heavy atom. The molecule has 1 N–H and O–H groups in total. The maximum absolute atomic E-state index is 10.3. The minimum Gasteiger partial charge on any atom is -0.506 e. The van der Waals surface area contributed by atoms with Crippen molar-refractivity contribution < 1.29 is 5.11 Å². The molecule has 154 valence electrons. The van der Waals surface area contributed by atoms with Gasteiger partial charge in [-0.2, -0.15) is 5.11 Å². The van der Waals surface area contributed by atoms with Gasteiger partial charge in [-0.15, -0.1) is 15.3 Å². The fraction of sp³-hybridized carbons (Fsp3) is 0.154. The van der Waals surface area contributed by atoms with Gasteiger partial charge in [-0.05, 0) is 79.6 Å². The molecular weight excluding hydrogens is 384 g/mol. The number of benzene rings is 4. The number of hydrogen-bond donors (Lipinski definition) is 1. The molecule has 0 bridgehead atoms. The van der Waals surface area contributed by atoms with Crippen LogP contribution in [-0.2, 0) is 0 Å². The molecule has 31 heavy (non-hydrogen) atoms. The first-order valence-electron chi connectivity index (χ1n) is 10.2. The second-order valence-electron chi connectivity index (χ2n) is 7.63. The Labute approximate surface area is 181 Å². The largest absolute Gasteiger partial charge is 0.506 e. The number of aromatic hydroxyl groups is 1. The van der Waals surface area contributed by atoms with Crippen LogP contribution in [0.5, 0.6) is 5.75 Å². The predicted molar refractivity (Wildman–Crippen MR) is 126 cm³/mol. The topological polar surface area (TPSA) is 69.7 Å². The van der Waals surface area contributed by atoms with E-state index in [9.17, 15) is 5.11 Å². The summed E-state index contributed by atoms with van der Waals surface area (Å²) in [4.78, 5) is 0. The summed E-state index contributed by atoms with van der Waals surface area (Å²) in [5.74, 6) is 0.0859. The minimum absolute atomic E-state index is 0.0859. The van der Waals surface area contributed by atoms with Crippen molar-refractivity contribution in [2.75, 3.05) is 0 Å². The van der Waals surface area contributed by atoms with Crippen molar-refractivity contribution in [3.8, 4) is 5.75 Å². The summed E-state index contributed by atoms with van der Waals surface area (Å²) in [7, 11) is 0. The van der Waals surface area contributed by atoms with Crippen molar-refractivity contribution >= 4 is 33.5 Å². The lowest BCUT2D eigenvalue weighted by Gasteiger charge is -2.10. The van der Waals surface area contributed by atoms with Gasteiger partial charge in [0.15, 0.2) is 0 Å². The van der Waals surface area contributed by atoms with E-state index < -0.39 is 0 Å². The summed E-state index contributed by atoms with van der Waals surface area (Å²) < 4.78 is 0. The summed E-state index contributed by atoms with van der Waals surface area (Å²) in [6.45, 7) is 8.37. The summed E-state index contributed by atoms with van der Waals surface area (Å²) in [6, 6.07) is 20.8. The zero-order chi connectivity index (χ0) is 22.0. The third-order valence-corrected chi connectivity index (χ3v) is 5.74. The number of hydrogen-bond acceptors (Lipinski definition) is 5. The van der Waals surface area contributed by atoms with Crippen molar-refractivity contribution in [1.29, 1.82) is 0 Å². The number of phenols is 1. The van der Waals surface area contributed by atoms with E-state index in [0.29, 0.717) is 17.1 Å². The highest BCUT2D eigenvalue weighted by molar-refractivity contribution is 5.95. The third-order valence-electron chi connectivity index (χ3n) is 5.74. The van der Waals surface area contributed by atoms with Crippen molar-refractivity contribution in [3.05, 3.63) is 89.0 Å². The zero-order valence-electron chi connectivity index (χ0n) is 18.1. The van der Waals surface area contributed by atoms with Gasteiger partial charge in [-0.3, -0.25) is 0 Å². The summed E-state index contributed by atoms with van der Waals surface area (Å²) in [6.07, 6.45) is 0. The summed E-state index contributed by atoms with van der Waals surface area (Å²) in [5.41, 5.74) is 7.29. The number of rotatable bonds is 4. The molecule has 0 heterocycles. The van der Waals surface area contributed by atoms with E-state index in [2.05, 4.69) is 54.2 Å². The minimum atomic E-state index is 0.0859. The second-order valence-corrected chi connectivity index (χ2v) is 7.63. The first-order valence-corrected chi connectivity index (χ1v) is 10.2. The molecule has 0 radical (unpaired) electrons. The normalized spacial score (nSPS) is 11.7. The van der Waals surface area contributed by atoms with Gasteiger partial charge in [0.25, 0.3) is 0 Å². The monoisotopic (exact) mass is 408 g/mol. The lowest BCUT2D eigenvalue weighted by atomic mass is 9.98. The number of nitrogens with zero attached hydrogens (tertiary/aromatic N) is 4. The van der Waals surface area contributed by atoms with Crippen molar-refractivity contribution in [2.24, 2.45) is 20.5 Å². The lowest BCUT2D eigenvalue weighted by molar-refractivity contribution is 0.477. The van der Waals surface area contributed by atoms with Crippen LogP contribution >= 0.6 is 0 Å². The van der Waals surface area contributed by atoms with E-state index in [1.54, 1.807) is 6.07 Å². The number of azo groups is 2. The fourth-order valence-corrected chi connectivity index (χ4v) is 3.49. The molecule has 4 rings (SSSR count). The molecule has 0 aliphatic carbocycles. The molecule has 0 spiro atoms. The van der Waals surface area contributed by atoms with Gasteiger partial charge in [0, 0.05) is 5.39 Å². The molecule has 0 saturated carbocycles. The molecule has 0 aliphatic heterocycles. The SMILES string of the molecule is Cc1cc(N=Nc2ccccc2N=Nc2c(O)ccc3ccccc23)c(C)c(C)c1C. The first kappa shape index (κ1) is 20.4. The van der Waals surface area contributed by atoms with Crippen LogP contribution in [0.2, 0.25) is 0 Å². The quantitative estimate of drug-likeness (QED) is 0.337. The molecule has 4 aromatic carbocycles. The molecule has 0 amide bonds. The molecule has 0 fully saturated rings. The van der Waals surface area contributed by atoms with Crippen LogP contribution in [0.1, 0.15) is 22.3 Å². The van der Waals surface area contributed by atoms with Crippen LogP contribution < -0.4 is 0 Å². The van der Waals surface area contributed by atoms with Crippen molar-refractivity contribution in [2.45, 2.75) is 27.7 Å². The van der Waals surface area contributed by atoms with E-state index >= 15 is 0 Å². The van der Waals surface area contributed by atoms with Gasteiger partial charge in [0.05, 0.1) is 5.69 Å². The van der Waals surface area contributed by atoms with E-state index in [1.165, 1.54) is 16.7 Å². The molecule has 4 aromatic rings. The average molecular weight is 409 g/mol. The van der Waals surface area contributed by atoms with E-state index in [4.69, 9.17) is 0 Å². The average Bonchev–Trinajstić information content (AvgIpc) is 2.79. The Morgan fingerprint density at radius 1 is 0.581 bits per heavy atom. The fourth-order valence-electron chi connectivity index (χ4n) is 3.49. The second kappa shape index (κ2) is 8.48. The highest BCUT2D eigenvalue weighted by Crippen LogP contribution is 2.38. The van der Waals surface area contributed by atoms with Gasteiger partial charge in [-0.1, -0.05) is 42.5 Å². The Hall–Kier alpha value is -3.86. The zero-order valence-corrected chi connectivity index (χ0v) is 18.1. The number of phenolic OH excluding ortho intramolecular Hbond substituents is 1. The Balaban J connectivity index is 1.71. The van der Waals surface area contributed by atoms with Crippen LogP contribution in [-0.4, -0.2) is 5.11 Å². The predicted octanol–water partition coefficient (Wildman–Crippen LogP) is 8.61. The van der Waals surface area contributed by atoms with Gasteiger partial charge in [-0.25, -0.2) is 0 Å². The standard InChI is InChI=1S/C26H24N4O/c1-16-15-24(19(4)18(3)17(16)2)29-27-22-11-7-8-12-23(22)28-30-26-21-10-6-5-9-20(21)13-14-25(26)31/h5-15,31H,1-4H3. The molecule has 0 atom stereocenters. The Bertz CT molecular complexity index is 1340. The smallest absolute Gasteiger partial charge is 0.143 e. The maximum Gasteiger partial charge on any atom is 0.143 e. The van der Waals surface area contributed by atoms with Gasteiger partial charge < -0.3 is 5.11 Å². The maximum atomic E-state index is 10.3. The molecule has 0 aromatic heterocycles. The van der Waals surface area contributed by atoms with Crippen molar-refractivity contribution in [1.82, 2.24) is 0 Å². The Kier molecular flexibility index (Phi) is 5.58. The molecule has 0 saturated heterocycles. The highest BCUT2D eigenvalue weighted by atomic mass is 16.3. The summed E-state index contributed by atoms with van der Waals surface area (Å²) in [5, 5.41) is 29.8. The first-order chi connectivity index (χ1) is 15.0. The van der Waals surface area contributed by atoms with E-state index in [1.807, 2.05) is 54.6 Å². The van der Waals surface area contributed by atoms with Gasteiger partial charge in [0.2, 0.25) is 0 Å². The molecule has 5 nitrogen and oxygen atoms in total. The number of fused-ring (bicyclic) bond motifs is 1. The van der Waals surface area contributed by atoms with E-state index in [-0.39, 0.29) is 5.75 Å². The van der Waals surface area contributed by atoms with Crippen LogP contribution in [0.3, 0.4) is 0 Å². The van der Waals surface area contributed by atoms with Crippen molar-refractivity contribution in [3.63, 3.8) is 0 Å². The van der Waals surface area contributed by atoms with Crippen LogP contribution in [0.4, 0.5) is 22.7 Å².